The van der Waals surface area contributed by atoms with Gasteiger partial charge >= 0.3 is 0 Å². The molecular weight excluding hydrogens is 272 g/mol. The predicted octanol–water partition coefficient (Wildman–Crippen LogP) is 1.06. The van der Waals surface area contributed by atoms with Crippen LogP contribution in [0.2, 0.25) is 0 Å². The molecule has 0 saturated carbocycles. The van der Waals surface area contributed by atoms with Gasteiger partial charge in [0.15, 0.2) is 0 Å². The van der Waals surface area contributed by atoms with E-state index in [2.05, 4.69) is 23.7 Å². The zero-order chi connectivity index (χ0) is 14.5. The van der Waals surface area contributed by atoms with Gasteiger partial charge in [0.1, 0.15) is 5.69 Å². The highest BCUT2D eigenvalue weighted by Gasteiger charge is 2.23. The molecule has 1 fully saturated rings. The normalized spacial score (nSPS) is 16.9. The van der Waals surface area contributed by atoms with Crippen LogP contribution in [0.4, 0.5) is 0 Å². The fourth-order valence-corrected chi connectivity index (χ4v) is 3.25. The van der Waals surface area contributed by atoms with E-state index in [0.717, 1.165) is 44.2 Å². The topological polar surface area (TPSA) is 62.5 Å². The molecule has 112 valence electrons. The number of hydrogen-bond acceptors (Lipinski definition) is 5. The standard InChI is InChI=1S/C14H24N4OS/c1-11(2)9-17-5-7-18(8-6-17)14(19)12-10-20-13(16-12)3-4-15/h10-11H,3-9,15H2,1-2H3. The number of thiazole rings is 1. The molecule has 1 aromatic rings. The molecule has 0 spiro atoms. The summed E-state index contributed by atoms with van der Waals surface area (Å²) in [6.45, 7) is 9.67. The fourth-order valence-electron chi connectivity index (χ4n) is 2.46. The Labute approximate surface area is 124 Å². The number of aromatic nitrogens is 1. The van der Waals surface area contributed by atoms with Crippen molar-refractivity contribution >= 4 is 17.2 Å². The van der Waals surface area contributed by atoms with E-state index >= 15 is 0 Å². The van der Waals surface area contributed by atoms with Crippen molar-refractivity contribution in [3.63, 3.8) is 0 Å². The highest BCUT2D eigenvalue weighted by atomic mass is 32.1. The fraction of sp³-hybridized carbons (Fsp3) is 0.714. The lowest BCUT2D eigenvalue weighted by Gasteiger charge is -2.35. The van der Waals surface area contributed by atoms with Gasteiger partial charge in [-0.25, -0.2) is 4.98 Å². The summed E-state index contributed by atoms with van der Waals surface area (Å²) in [6.07, 6.45) is 0.750. The van der Waals surface area contributed by atoms with Crippen molar-refractivity contribution in [1.29, 1.82) is 0 Å². The van der Waals surface area contributed by atoms with E-state index in [9.17, 15) is 4.79 Å². The third-order valence-electron chi connectivity index (χ3n) is 3.41. The van der Waals surface area contributed by atoms with Gasteiger partial charge in [0.25, 0.3) is 5.91 Å². The molecule has 1 aliphatic rings. The van der Waals surface area contributed by atoms with Crippen LogP contribution in [0.15, 0.2) is 5.38 Å². The lowest BCUT2D eigenvalue weighted by Crippen LogP contribution is -2.49. The molecule has 0 aromatic carbocycles. The number of rotatable bonds is 5. The van der Waals surface area contributed by atoms with E-state index in [1.807, 2.05) is 10.3 Å². The van der Waals surface area contributed by atoms with Crippen LogP contribution in [0.25, 0.3) is 0 Å². The van der Waals surface area contributed by atoms with Gasteiger partial charge in [0.2, 0.25) is 0 Å². The summed E-state index contributed by atoms with van der Waals surface area (Å²) in [7, 11) is 0. The molecule has 1 saturated heterocycles. The molecule has 0 aliphatic carbocycles. The van der Waals surface area contributed by atoms with E-state index in [-0.39, 0.29) is 5.91 Å². The van der Waals surface area contributed by atoms with Gasteiger partial charge in [-0.15, -0.1) is 11.3 Å². The average Bonchev–Trinajstić information content (AvgIpc) is 2.87. The molecule has 1 aromatic heterocycles. The first-order chi connectivity index (χ1) is 9.60. The molecule has 6 heteroatoms. The zero-order valence-electron chi connectivity index (χ0n) is 12.3. The Kier molecular flexibility index (Phi) is 5.51. The maximum Gasteiger partial charge on any atom is 0.273 e. The summed E-state index contributed by atoms with van der Waals surface area (Å²) < 4.78 is 0. The molecule has 0 radical (unpaired) electrons. The van der Waals surface area contributed by atoms with Gasteiger partial charge in [-0.3, -0.25) is 9.69 Å². The second-order valence-electron chi connectivity index (χ2n) is 5.65. The van der Waals surface area contributed by atoms with Gasteiger partial charge in [-0.2, -0.15) is 0 Å². The number of hydrogen-bond donors (Lipinski definition) is 1. The van der Waals surface area contributed by atoms with Crippen LogP contribution in [0, 0.1) is 5.92 Å². The lowest BCUT2D eigenvalue weighted by atomic mass is 10.2. The van der Waals surface area contributed by atoms with Crippen LogP contribution < -0.4 is 5.73 Å². The molecule has 5 nitrogen and oxygen atoms in total. The van der Waals surface area contributed by atoms with Gasteiger partial charge in [-0.1, -0.05) is 13.8 Å². The third kappa shape index (κ3) is 4.01. The summed E-state index contributed by atoms with van der Waals surface area (Å²) in [5, 5.41) is 2.81. The summed E-state index contributed by atoms with van der Waals surface area (Å²) in [5.74, 6) is 0.739. The van der Waals surface area contributed by atoms with E-state index in [1.165, 1.54) is 11.3 Å². The third-order valence-corrected chi connectivity index (χ3v) is 4.32. The number of carbonyl (C=O) groups excluding carboxylic acids is 1. The van der Waals surface area contributed by atoms with Gasteiger partial charge in [-0.05, 0) is 12.5 Å². The van der Waals surface area contributed by atoms with Crippen LogP contribution in [0.3, 0.4) is 0 Å². The molecule has 0 atom stereocenters. The molecule has 2 rings (SSSR count). The number of amides is 1. The Bertz CT molecular complexity index is 438. The van der Waals surface area contributed by atoms with Crippen molar-refractivity contribution in [2.75, 3.05) is 39.3 Å². The quantitative estimate of drug-likeness (QED) is 0.882. The Balaban J connectivity index is 1.87. The van der Waals surface area contributed by atoms with Crippen LogP contribution in [-0.4, -0.2) is 60.0 Å². The van der Waals surface area contributed by atoms with E-state index in [4.69, 9.17) is 5.73 Å². The Hall–Kier alpha value is -0.980. The average molecular weight is 296 g/mol. The van der Waals surface area contributed by atoms with Crippen molar-refractivity contribution < 1.29 is 4.79 Å². The summed E-state index contributed by atoms with van der Waals surface area (Å²) >= 11 is 1.53. The largest absolute Gasteiger partial charge is 0.335 e. The Morgan fingerprint density at radius 1 is 1.40 bits per heavy atom. The zero-order valence-corrected chi connectivity index (χ0v) is 13.2. The molecule has 0 bridgehead atoms. The maximum absolute atomic E-state index is 12.4. The molecule has 0 unspecified atom stereocenters. The Morgan fingerprint density at radius 3 is 2.70 bits per heavy atom. The minimum Gasteiger partial charge on any atom is -0.335 e. The first-order valence-electron chi connectivity index (χ1n) is 7.26. The number of nitrogens with two attached hydrogens (primary N) is 1. The monoisotopic (exact) mass is 296 g/mol. The summed E-state index contributed by atoms with van der Waals surface area (Å²) in [6, 6.07) is 0. The number of carbonyl (C=O) groups is 1. The SMILES string of the molecule is CC(C)CN1CCN(C(=O)c2csc(CCN)n2)CC1. The number of nitrogens with zero attached hydrogens (tertiary/aromatic N) is 3. The molecular formula is C14H24N4OS. The van der Waals surface area contributed by atoms with E-state index in [1.54, 1.807) is 0 Å². The van der Waals surface area contributed by atoms with Crippen molar-refractivity contribution in [3.8, 4) is 0 Å². The van der Waals surface area contributed by atoms with Crippen molar-refractivity contribution in [1.82, 2.24) is 14.8 Å². The van der Waals surface area contributed by atoms with Crippen molar-refractivity contribution in [2.24, 2.45) is 11.7 Å². The van der Waals surface area contributed by atoms with E-state index in [0.29, 0.717) is 18.2 Å². The smallest absolute Gasteiger partial charge is 0.273 e. The first kappa shape index (κ1) is 15.4. The van der Waals surface area contributed by atoms with Crippen LogP contribution in [0.5, 0.6) is 0 Å². The van der Waals surface area contributed by atoms with Crippen LogP contribution >= 0.6 is 11.3 Å². The first-order valence-corrected chi connectivity index (χ1v) is 8.14. The summed E-state index contributed by atoms with van der Waals surface area (Å²) in [4.78, 5) is 21.1. The number of piperazine rings is 1. The van der Waals surface area contributed by atoms with Crippen molar-refractivity contribution in [2.45, 2.75) is 20.3 Å². The van der Waals surface area contributed by atoms with Gasteiger partial charge < -0.3 is 10.6 Å². The summed E-state index contributed by atoms with van der Waals surface area (Å²) in [5.41, 5.74) is 6.09. The molecule has 1 aliphatic heterocycles. The van der Waals surface area contributed by atoms with Gasteiger partial charge in [0.05, 0.1) is 5.01 Å². The van der Waals surface area contributed by atoms with Crippen LogP contribution in [0.1, 0.15) is 29.3 Å². The van der Waals surface area contributed by atoms with Crippen molar-refractivity contribution in [3.05, 3.63) is 16.1 Å². The molecule has 20 heavy (non-hydrogen) atoms. The minimum absolute atomic E-state index is 0.0636. The Morgan fingerprint density at radius 2 is 2.10 bits per heavy atom. The van der Waals surface area contributed by atoms with Crippen LogP contribution in [-0.2, 0) is 6.42 Å². The van der Waals surface area contributed by atoms with Gasteiger partial charge in [0, 0.05) is 44.5 Å². The lowest BCUT2D eigenvalue weighted by molar-refractivity contribution is 0.0618. The second kappa shape index (κ2) is 7.15. The minimum atomic E-state index is 0.0636. The molecule has 2 N–H and O–H groups in total. The maximum atomic E-state index is 12.4. The molecule has 2 heterocycles. The van der Waals surface area contributed by atoms with E-state index < -0.39 is 0 Å². The highest BCUT2D eigenvalue weighted by Crippen LogP contribution is 2.14. The predicted molar refractivity (Wildman–Crippen MR) is 82.1 cm³/mol. The highest BCUT2D eigenvalue weighted by molar-refractivity contribution is 7.09. The molecule has 1 amide bonds. The second-order valence-corrected chi connectivity index (χ2v) is 6.59.